The molecule has 0 aliphatic carbocycles. The van der Waals surface area contributed by atoms with E-state index in [0.29, 0.717) is 18.0 Å². The highest BCUT2D eigenvalue weighted by atomic mass is 16.5. The molecule has 0 radical (unpaired) electrons. The molecule has 0 spiro atoms. The molecule has 3 heterocycles. The second-order valence-corrected chi connectivity index (χ2v) is 5.71. The second-order valence-electron chi connectivity index (χ2n) is 5.71. The zero-order chi connectivity index (χ0) is 14.1. The molecular weight excluding hydrogens is 254 g/mol. The van der Waals surface area contributed by atoms with Gasteiger partial charge in [0.05, 0.1) is 6.04 Å². The Morgan fingerprint density at radius 2 is 2.30 bits per heavy atom. The highest BCUT2D eigenvalue weighted by Gasteiger charge is 2.29. The zero-order valence-corrected chi connectivity index (χ0v) is 12.3. The van der Waals surface area contributed by atoms with E-state index in [1.807, 2.05) is 19.3 Å². The molecule has 1 saturated heterocycles. The molecule has 6 nitrogen and oxygen atoms in total. The maximum absolute atomic E-state index is 5.43. The summed E-state index contributed by atoms with van der Waals surface area (Å²) in [4.78, 5) is 11.0. The number of aryl methyl sites for hydroxylation is 1. The van der Waals surface area contributed by atoms with Crippen LogP contribution in [0, 0.1) is 6.92 Å². The van der Waals surface area contributed by atoms with E-state index in [0.717, 1.165) is 37.6 Å². The van der Waals surface area contributed by atoms with Crippen LogP contribution in [0.4, 0.5) is 6.01 Å². The molecule has 1 atom stereocenters. The smallest absolute Gasteiger partial charge is 0.324 e. The van der Waals surface area contributed by atoms with Crippen molar-refractivity contribution in [1.82, 2.24) is 19.7 Å². The molecule has 0 bridgehead atoms. The van der Waals surface area contributed by atoms with Gasteiger partial charge in [0.15, 0.2) is 5.82 Å². The molecule has 0 N–H and O–H groups in total. The van der Waals surface area contributed by atoms with Crippen LogP contribution in [0.25, 0.3) is 0 Å². The summed E-state index contributed by atoms with van der Waals surface area (Å²) in [7, 11) is 0. The summed E-state index contributed by atoms with van der Waals surface area (Å²) in [5, 5.41) is 4.06. The van der Waals surface area contributed by atoms with E-state index in [9.17, 15) is 0 Å². The first-order chi connectivity index (χ1) is 9.65. The van der Waals surface area contributed by atoms with Crippen molar-refractivity contribution >= 4 is 6.01 Å². The van der Waals surface area contributed by atoms with Gasteiger partial charge in [-0.2, -0.15) is 4.98 Å². The predicted molar refractivity (Wildman–Crippen MR) is 75.7 cm³/mol. The quantitative estimate of drug-likeness (QED) is 0.857. The van der Waals surface area contributed by atoms with Crippen molar-refractivity contribution in [2.75, 3.05) is 11.4 Å². The first-order valence-electron chi connectivity index (χ1n) is 7.23. The Balaban J connectivity index is 1.76. The minimum Gasteiger partial charge on any atom is -0.333 e. The normalized spacial score (nSPS) is 19.2. The van der Waals surface area contributed by atoms with E-state index < -0.39 is 0 Å². The van der Waals surface area contributed by atoms with Crippen molar-refractivity contribution in [2.45, 2.75) is 52.1 Å². The van der Waals surface area contributed by atoms with Gasteiger partial charge in [0, 0.05) is 31.4 Å². The minimum absolute atomic E-state index is 0.296. The van der Waals surface area contributed by atoms with Gasteiger partial charge in [-0.1, -0.05) is 19.0 Å². The van der Waals surface area contributed by atoms with Gasteiger partial charge in [-0.15, -0.1) is 0 Å². The lowest BCUT2D eigenvalue weighted by molar-refractivity contribution is 0.394. The molecule has 108 valence electrons. The van der Waals surface area contributed by atoms with E-state index in [2.05, 4.69) is 38.4 Å². The molecule has 0 aromatic carbocycles. The Morgan fingerprint density at radius 3 is 2.95 bits per heavy atom. The van der Waals surface area contributed by atoms with Crippen LogP contribution in [0.5, 0.6) is 0 Å². The Hall–Kier alpha value is -1.85. The molecule has 3 rings (SSSR count). The van der Waals surface area contributed by atoms with Gasteiger partial charge < -0.3 is 14.0 Å². The topological polar surface area (TPSA) is 60.0 Å². The third-order valence-corrected chi connectivity index (χ3v) is 3.90. The number of anilines is 1. The summed E-state index contributed by atoms with van der Waals surface area (Å²) in [5.74, 6) is 2.12. The molecule has 1 aliphatic rings. The second kappa shape index (κ2) is 5.26. The third kappa shape index (κ3) is 2.42. The van der Waals surface area contributed by atoms with Gasteiger partial charge in [-0.25, -0.2) is 4.98 Å². The molecular formula is C14H21N5O. The van der Waals surface area contributed by atoms with Crippen LogP contribution in [0.2, 0.25) is 0 Å². The van der Waals surface area contributed by atoms with Gasteiger partial charge in [0.1, 0.15) is 5.82 Å². The van der Waals surface area contributed by atoms with Crippen LogP contribution >= 0.6 is 0 Å². The maximum Gasteiger partial charge on any atom is 0.324 e. The van der Waals surface area contributed by atoms with Gasteiger partial charge >= 0.3 is 6.01 Å². The van der Waals surface area contributed by atoms with Gasteiger partial charge in [0.2, 0.25) is 0 Å². The Labute approximate surface area is 118 Å². The fourth-order valence-corrected chi connectivity index (χ4v) is 2.68. The van der Waals surface area contributed by atoms with E-state index in [1.165, 1.54) is 0 Å². The van der Waals surface area contributed by atoms with Crippen molar-refractivity contribution in [3.63, 3.8) is 0 Å². The Bertz CT molecular complexity index is 574. The number of aromatic nitrogens is 4. The standard InChI is InChI=1S/C14H21N5O/c1-10(2)13-16-14(20-17-13)19-7-4-5-12(19)9-18-8-6-15-11(18)3/h6,8,10,12H,4-5,7,9H2,1-3H3. The predicted octanol–water partition coefficient (Wildman–Crippen LogP) is 2.37. The SMILES string of the molecule is Cc1nccn1CC1CCCN1c1nc(C(C)C)no1. The molecule has 2 aromatic heterocycles. The molecule has 1 aliphatic heterocycles. The first-order valence-corrected chi connectivity index (χ1v) is 7.23. The third-order valence-electron chi connectivity index (χ3n) is 3.90. The van der Waals surface area contributed by atoms with E-state index in [4.69, 9.17) is 4.52 Å². The molecule has 0 amide bonds. The number of imidazole rings is 1. The van der Waals surface area contributed by atoms with Crippen LogP contribution < -0.4 is 4.90 Å². The van der Waals surface area contributed by atoms with E-state index in [1.54, 1.807) is 0 Å². The largest absolute Gasteiger partial charge is 0.333 e. The Morgan fingerprint density at radius 1 is 1.45 bits per heavy atom. The van der Waals surface area contributed by atoms with Crippen LogP contribution in [0.15, 0.2) is 16.9 Å². The van der Waals surface area contributed by atoms with Crippen LogP contribution in [-0.4, -0.2) is 32.3 Å². The van der Waals surface area contributed by atoms with Crippen LogP contribution in [0.3, 0.4) is 0 Å². The summed E-state index contributed by atoms with van der Waals surface area (Å²) in [6.07, 6.45) is 6.19. The molecule has 20 heavy (non-hydrogen) atoms. The van der Waals surface area contributed by atoms with E-state index >= 15 is 0 Å². The summed E-state index contributed by atoms with van der Waals surface area (Å²) < 4.78 is 7.61. The molecule has 2 aromatic rings. The minimum atomic E-state index is 0.296. The average Bonchev–Trinajstić information content (AvgIpc) is 3.11. The summed E-state index contributed by atoms with van der Waals surface area (Å²) in [5.41, 5.74) is 0. The first kappa shape index (κ1) is 13.1. The summed E-state index contributed by atoms with van der Waals surface area (Å²) in [6, 6.07) is 1.07. The van der Waals surface area contributed by atoms with E-state index in [-0.39, 0.29) is 0 Å². The van der Waals surface area contributed by atoms with Gasteiger partial charge in [0.25, 0.3) is 0 Å². The lowest BCUT2D eigenvalue weighted by atomic mass is 10.2. The lowest BCUT2D eigenvalue weighted by Crippen LogP contribution is -2.33. The summed E-state index contributed by atoms with van der Waals surface area (Å²) >= 11 is 0. The number of hydrogen-bond donors (Lipinski definition) is 0. The lowest BCUT2D eigenvalue weighted by Gasteiger charge is -2.23. The summed E-state index contributed by atoms with van der Waals surface area (Å²) in [6.45, 7) is 8.09. The van der Waals surface area contributed by atoms with Gasteiger partial charge in [-0.05, 0) is 19.8 Å². The van der Waals surface area contributed by atoms with Crippen LogP contribution in [-0.2, 0) is 6.54 Å². The number of nitrogens with zero attached hydrogens (tertiary/aromatic N) is 5. The average molecular weight is 275 g/mol. The van der Waals surface area contributed by atoms with Crippen molar-refractivity contribution < 1.29 is 4.52 Å². The highest BCUT2D eigenvalue weighted by molar-refractivity contribution is 5.29. The molecule has 1 fully saturated rings. The van der Waals surface area contributed by atoms with Gasteiger partial charge in [-0.3, -0.25) is 0 Å². The molecule has 1 unspecified atom stereocenters. The maximum atomic E-state index is 5.43. The van der Waals surface area contributed by atoms with Crippen molar-refractivity contribution in [1.29, 1.82) is 0 Å². The van der Waals surface area contributed by atoms with Crippen molar-refractivity contribution in [2.24, 2.45) is 0 Å². The number of rotatable bonds is 4. The highest BCUT2D eigenvalue weighted by Crippen LogP contribution is 2.26. The monoisotopic (exact) mass is 275 g/mol. The molecule has 0 saturated carbocycles. The fourth-order valence-electron chi connectivity index (χ4n) is 2.68. The Kier molecular flexibility index (Phi) is 3.46. The van der Waals surface area contributed by atoms with Crippen molar-refractivity contribution in [3.8, 4) is 0 Å². The zero-order valence-electron chi connectivity index (χ0n) is 12.3. The number of hydrogen-bond acceptors (Lipinski definition) is 5. The fraction of sp³-hybridized carbons (Fsp3) is 0.643. The molecule has 6 heteroatoms. The van der Waals surface area contributed by atoms with Crippen LogP contribution in [0.1, 0.15) is 44.3 Å². The van der Waals surface area contributed by atoms with Crippen molar-refractivity contribution in [3.05, 3.63) is 24.0 Å².